The van der Waals surface area contributed by atoms with E-state index in [4.69, 9.17) is 4.74 Å². The van der Waals surface area contributed by atoms with Crippen LogP contribution < -0.4 is 9.64 Å². The molecule has 0 aliphatic carbocycles. The maximum absolute atomic E-state index is 11.4. The zero-order chi connectivity index (χ0) is 16.4. The summed E-state index contributed by atoms with van der Waals surface area (Å²) in [6, 6.07) is 13.4. The van der Waals surface area contributed by atoms with Crippen LogP contribution in [0, 0.1) is 6.92 Å². The highest BCUT2D eigenvalue weighted by Crippen LogP contribution is 2.36. The molecule has 23 heavy (non-hydrogen) atoms. The second-order valence-electron chi connectivity index (χ2n) is 5.96. The summed E-state index contributed by atoms with van der Waals surface area (Å²) < 4.78 is 6.05. The minimum Gasteiger partial charge on any atom is -0.486 e. The Kier molecular flexibility index (Phi) is 4.24. The average molecular weight is 311 g/mol. The van der Waals surface area contributed by atoms with E-state index in [-0.39, 0.29) is 6.10 Å². The number of rotatable bonds is 4. The Hall–Kier alpha value is -2.49. The van der Waals surface area contributed by atoms with E-state index in [9.17, 15) is 9.90 Å². The normalized spacial score (nSPS) is 16.6. The van der Waals surface area contributed by atoms with E-state index >= 15 is 0 Å². The maximum atomic E-state index is 11.4. The van der Waals surface area contributed by atoms with E-state index in [1.165, 1.54) is 0 Å². The number of carboxylic acids is 1. The van der Waals surface area contributed by atoms with Crippen LogP contribution in [-0.2, 0) is 6.54 Å². The molecule has 1 aliphatic heterocycles. The molecule has 1 heterocycles. The zero-order valence-electron chi connectivity index (χ0n) is 13.5. The molecule has 0 fully saturated rings. The first kappa shape index (κ1) is 15.4. The molecule has 1 N–H and O–H groups in total. The lowest BCUT2D eigenvalue weighted by molar-refractivity contribution is 0.0695. The third-order valence-electron chi connectivity index (χ3n) is 4.24. The molecule has 4 nitrogen and oxygen atoms in total. The molecule has 1 unspecified atom stereocenters. The number of aromatic carboxylic acids is 1. The van der Waals surface area contributed by atoms with Crippen molar-refractivity contribution in [3.8, 4) is 5.75 Å². The van der Waals surface area contributed by atoms with Crippen LogP contribution in [0.2, 0.25) is 0 Å². The summed E-state index contributed by atoms with van der Waals surface area (Å²) >= 11 is 0. The molecule has 0 saturated heterocycles. The third-order valence-corrected chi connectivity index (χ3v) is 4.24. The van der Waals surface area contributed by atoms with Crippen LogP contribution in [-0.4, -0.2) is 23.7 Å². The summed E-state index contributed by atoms with van der Waals surface area (Å²) in [6.45, 7) is 5.48. The lowest BCUT2D eigenvalue weighted by Crippen LogP contribution is -2.39. The highest BCUT2D eigenvalue weighted by Gasteiger charge is 2.25. The van der Waals surface area contributed by atoms with Crippen LogP contribution >= 0.6 is 0 Å². The van der Waals surface area contributed by atoms with Gasteiger partial charge in [0.05, 0.1) is 17.8 Å². The molecule has 0 spiro atoms. The van der Waals surface area contributed by atoms with Crippen molar-refractivity contribution in [3.63, 3.8) is 0 Å². The number of hydrogen-bond acceptors (Lipinski definition) is 3. The molecule has 0 aromatic heterocycles. The summed E-state index contributed by atoms with van der Waals surface area (Å²) in [5.74, 6) is 0.000867. The van der Waals surface area contributed by atoms with Crippen molar-refractivity contribution in [2.75, 3.05) is 11.4 Å². The predicted molar refractivity (Wildman–Crippen MR) is 90.3 cm³/mol. The van der Waals surface area contributed by atoms with E-state index in [0.717, 1.165) is 35.5 Å². The molecule has 4 heteroatoms. The molecule has 3 rings (SSSR count). The molecule has 1 aliphatic rings. The van der Waals surface area contributed by atoms with Gasteiger partial charge in [0.15, 0.2) is 0 Å². The fourth-order valence-electron chi connectivity index (χ4n) is 2.97. The van der Waals surface area contributed by atoms with Gasteiger partial charge in [0, 0.05) is 6.54 Å². The monoisotopic (exact) mass is 311 g/mol. The molecule has 0 saturated carbocycles. The fraction of sp³-hybridized carbons (Fsp3) is 0.316. The second kappa shape index (κ2) is 6.32. The Morgan fingerprint density at radius 2 is 2.09 bits per heavy atom. The number of hydrogen-bond donors (Lipinski definition) is 1. The Labute approximate surface area is 136 Å². The van der Waals surface area contributed by atoms with Crippen molar-refractivity contribution >= 4 is 11.7 Å². The lowest BCUT2D eigenvalue weighted by Gasteiger charge is -2.36. The first-order valence-corrected chi connectivity index (χ1v) is 7.92. The van der Waals surface area contributed by atoms with Crippen molar-refractivity contribution in [2.24, 2.45) is 0 Å². The zero-order valence-corrected chi connectivity index (χ0v) is 13.5. The van der Waals surface area contributed by atoms with Crippen molar-refractivity contribution in [3.05, 3.63) is 59.2 Å². The molecule has 2 aromatic rings. The first-order valence-electron chi connectivity index (χ1n) is 7.92. The van der Waals surface area contributed by atoms with E-state index in [2.05, 4.69) is 24.0 Å². The molecule has 1 atom stereocenters. The summed E-state index contributed by atoms with van der Waals surface area (Å²) in [4.78, 5) is 13.6. The molecular weight excluding hydrogens is 290 g/mol. The fourth-order valence-corrected chi connectivity index (χ4v) is 2.97. The Morgan fingerprint density at radius 1 is 1.30 bits per heavy atom. The predicted octanol–water partition coefficient (Wildman–Crippen LogP) is 3.87. The van der Waals surface area contributed by atoms with Crippen LogP contribution in [0.25, 0.3) is 0 Å². The van der Waals surface area contributed by atoms with Gasteiger partial charge in [0.2, 0.25) is 0 Å². The van der Waals surface area contributed by atoms with Gasteiger partial charge in [-0.25, -0.2) is 4.79 Å². The van der Waals surface area contributed by atoms with Crippen LogP contribution in [0.3, 0.4) is 0 Å². The lowest BCUT2D eigenvalue weighted by atomic mass is 10.0. The summed E-state index contributed by atoms with van der Waals surface area (Å²) in [5.41, 5.74) is 3.37. The molecule has 0 amide bonds. The average Bonchev–Trinajstić information content (AvgIpc) is 2.54. The number of aryl methyl sites for hydroxylation is 1. The van der Waals surface area contributed by atoms with Gasteiger partial charge in [0.1, 0.15) is 11.9 Å². The van der Waals surface area contributed by atoms with Crippen LogP contribution in [0.15, 0.2) is 42.5 Å². The summed E-state index contributed by atoms with van der Waals surface area (Å²) in [7, 11) is 0. The van der Waals surface area contributed by atoms with E-state index in [1.807, 2.05) is 25.1 Å². The SMILES string of the molecule is CCC1CN(Cc2ccccc2C(=O)O)c2ccc(C)cc2O1. The molecule has 2 aromatic carbocycles. The van der Waals surface area contributed by atoms with Gasteiger partial charge < -0.3 is 14.7 Å². The van der Waals surface area contributed by atoms with Gasteiger partial charge in [-0.05, 0) is 42.7 Å². The van der Waals surface area contributed by atoms with Crippen LogP contribution in [0.5, 0.6) is 5.75 Å². The minimum atomic E-state index is -0.884. The molecule has 0 bridgehead atoms. The molecule has 120 valence electrons. The second-order valence-corrected chi connectivity index (χ2v) is 5.96. The van der Waals surface area contributed by atoms with Gasteiger partial charge in [-0.1, -0.05) is 31.2 Å². The van der Waals surface area contributed by atoms with Gasteiger partial charge in [-0.15, -0.1) is 0 Å². The summed E-state index contributed by atoms with van der Waals surface area (Å²) in [6.07, 6.45) is 1.05. The number of nitrogens with zero attached hydrogens (tertiary/aromatic N) is 1. The van der Waals surface area contributed by atoms with E-state index in [1.54, 1.807) is 12.1 Å². The molecular formula is C19H21NO3. The van der Waals surface area contributed by atoms with E-state index < -0.39 is 5.97 Å². The van der Waals surface area contributed by atoms with Gasteiger partial charge >= 0.3 is 5.97 Å². The third kappa shape index (κ3) is 3.16. The first-order chi connectivity index (χ1) is 11.1. The number of benzene rings is 2. The quantitative estimate of drug-likeness (QED) is 0.931. The number of ether oxygens (including phenoxy) is 1. The summed E-state index contributed by atoms with van der Waals surface area (Å²) in [5, 5.41) is 9.38. The van der Waals surface area contributed by atoms with Gasteiger partial charge in [0.25, 0.3) is 0 Å². The van der Waals surface area contributed by atoms with Crippen molar-refractivity contribution in [1.82, 2.24) is 0 Å². The molecule has 0 radical (unpaired) electrons. The number of fused-ring (bicyclic) bond motifs is 1. The Balaban J connectivity index is 1.96. The van der Waals surface area contributed by atoms with Crippen molar-refractivity contribution < 1.29 is 14.6 Å². The van der Waals surface area contributed by atoms with Gasteiger partial charge in [-0.2, -0.15) is 0 Å². The van der Waals surface area contributed by atoms with Crippen LogP contribution in [0.4, 0.5) is 5.69 Å². The highest BCUT2D eigenvalue weighted by molar-refractivity contribution is 5.89. The van der Waals surface area contributed by atoms with Crippen molar-refractivity contribution in [2.45, 2.75) is 32.9 Å². The number of carbonyl (C=O) groups is 1. The number of carboxylic acid groups (broad SMARTS) is 1. The largest absolute Gasteiger partial charge is 0.486 e. The van der Waals surface area contributed by atoms with Crippen LogP contribution in [0.1, 0.15) is 34.8 Å². The van der Waals surface area contributed by atoms with E-state index in [0.29, 0.717) is 12.1 Å². The maximum Gasteiger partial charge on any atom is 0.336 e. The standard InChI is InChI=1S/C19H21NO3/c1-3-15-12-20(17-9-8-13(2)10-18(17)23-15)11-14-6-4-5-7-16(14)19(21)22/h4-10,15H,3,11-12H2,1-2H3,(H,21,22). The van der Waals surface area contributed by atoms with Crippen molar-refractivity contribution in [1.29, 1.82) is 0 Å². The number of anilines is 1. The minimum absolute atomic E-state index is 0.126. The van der Waals surface area contributed by atoms with Gasteiger partial charge in [-0.3, -0.25) is 0 Å². The highest BCUT2D eigenvalue weighted by atomic mass is 16.5. The Morgan fingerprint density at radius 3 is 2.83 bits per heavy atom. The topological polar surface area (TPSA) is 49.8 Å². The smallest absolute Gasteiger partial charge is 0.336 e. The Bertz CT molecular complexity index is 726.